The molecule has 2 aromatic heterocycles. The van der Waals surface area contributed by atoms with Gasteiger partial charge in [-0.05, 0) is 36.5 Å². The molecule has 15 heavy (non-hydrogen) atoms. The van der Waals surface area contributed by atoms with Gasteiger partial charge < -0.3 is 9.97 Å². The minimum absolute atomic E-state index is 0.848. The van der Waals surface area contributed by atoms with Crippen molar-refractivity contribution in [2.75, 3.05) is 0 Å². The Hall–Kier alpha value is -1.39. The average Bonchev–Trinajstić information content (AvgIpc) is 2.87. The molecule has 0 spiro atoms. The van der Waals surface area contributed by atoms with Gasteiger partial charge in [0.2, 0.25) is 0 Å². The van der Waals surface area contributed by atoms with Crippen LogP contribution in [0.1, 0.15) is 0 Å². The van der Waals surface area contributed by atoms with Crippen LogP contribution in [0.15, 0.2) is 48.8 Å². The number of fused-ring (bicyclic) bond motifs is 1. The third kappa shape index (κ3) is 2.78. The zero-order valence-electron chi connectivity index (χ0n) is 7.94. The molecule has 3 aromatic rings. The lowest BCUT2D eigenvalue weighted by Gasteiger charge is -1.81. The molecular weight excluding hydrogens is 224 g/mol. The van der Waals surface area contributed by atoms with Gasteiger partial charge in [-0.2, -0.15) is 0 Å². The van der Waals surface area contributed by atoms with Crippen molar-refractivity contribution in [1.82, 2.24) is 9.97 Å². The van der Waals surface area contributed by atoms with Gasteiger partial charge in [0, 0.05) is 12.4 Å². The van der Waals surface area contributed by atoms with Crippen molar-refractivity contribution in [3.63, 3.8) is 0 Å². The zero-order chi connectivity index (χ0) is 10.5. The van der Waals surface area contributed by atoms with Gasteiger partial charge in [-0.3, -0.25) is 0 Å². The molecule has 0 saturated carbocycles. The maximum Gasteiger partial charge on any atom is 0.159 e. The molecule has 0 aliphatic carbocycles. The van der Waals surface area contributed by atoms with Crippen LogP contribution in [0.5, 0.6) is 0 Å². The number of thiazole rings is 1. The van der Waals surface area contributed by atoms with E-state index in [1.54, 1.807) is 11.3 Å². The van der Waals surface area contributed by atoms with Crippen molar-refractivity contribution in [1.29, 1.82) is 0 Å². The highest BCUT2D eigenvalue weighted by molar-refractivity contribution is 7.73. The molecular formula is C11H10N2S2. The molecule has 2 N–H and O–H groups in total. The van der Waals surface area contributed by atoms with Gasteiger partial charge in [-0.1, -0.05) is 12.1 Å². The Labute approximate surface area is 96.6 Å². The standard InChI is InChI=1S/C7H5NS2.C4H5N/c9-7-8-5-3-1-2-4-6(5)10-7;1-2-4-5-3-1/h1-4H,(H,8,9);1-5H. The van der Waals surface area contributed by atoms with Crippen LogP contribution >= 0.6 is 23.6 Å². The number of aromatic amines is 2. The molecule has 0 bridgehead atoms. The smallest absolute Gasteiger partial charge is 0.159 e. The second-order valence-corrected chi connectivity index (χ2v) is 4.61. The van der Waals surface area contributed by atoms with E-state index in [1.807, 2.05) is 42.7 Å². The fourth-order valence-electron chi connectivity index (χ4n) is 1.17. The summed E-state index contributed by atoms with van der Waals surface area (Å²) >= 11 is 6.59. The lowest BCUT2D eigenvalue weighted by atomic mass is 10.3. The van der Waals surface area contributed by atoms with E-state index in [0.717, 1.165) is 9.47 Å². The largest absolute Gasteiger partial charge is 0.368 e. The normalized spacial score (nSPS) is 9.60. The predicted molar refractivity (Wildman–Crippen MR) is 67.8 cm³/mol. The lowest BCUT2D eigenvalue weighted by molar-refractivity contribution is 1.42. The van der Waals surface area contributed by atoms with E-state index in [2.05, 4.69) is 16.0 Å². The van der Waals surface area contributed by atoms with Gasteiger partial charge in [0.25, 0.3) is 0 Å². The van der Waals surface area contributed by atoms with E-state index in [-0.39, 0.29) is 0 Å². The van der Waals surface area contributed by atoms with Crippen LogP contribution in [-0.4, -0.2) is 9.97 Å². The Morgan fingerprint density at radius 2 is 1.73 bits per heavy atom. The average molecular weight is 234 g/mol. The summed E-state index contributed by atoms with van der Waals surface area (Å²) < 4.78 is 2.08. The molecule has 0 aliphatic rings. The first-order valence-corrected chi connectivity index (χ1v) is 5.74. The Bertz CT molecular complexity index is 510. The Balaban J connectivity index is 0.000000144. The van der Waals surface area contributed by atoms with Crippen LogP contribution in [0.2, 0.25) is 0 Å². The minimum atomic E-state index is 0.848. The SMILES string of the molecule is S=c1[nH]c2ccccc2s1.c1cc[nH]c1. The van der Waals surface area contributed by atoms with E-state index in [0.29, 0.717) is 0 Å². The van der Waals surface area contributed by atoms with Crippen LogP contribution in [0, 0.1) is 3.95 Å². The van der Waals surface area contributed by atoms with E-state index < -0.39 is 0 Å². The zero-order valence-corrected chi connectivity index (χ0v) is 9.57. The van der Waals surface area contributed by atoms with Crippen molar-refractivity contribution >= 4 is 33.8 Å². The topological polar surface area (TPSA) is 31.6 Å². The van der Waals surface area contributed by atoms with Crippen LogP contribution < -0.4 is 0 Å². The van der Waals surface area contributed by atoms with Crippen molar-refractivity contribution in [2.24, 2.45) is 0 Å². The Morgan fingerprint density at radius 3 is 2.33 bits per heavy atom. The van der Waals surface area contributed by atoms with Crippen LogP contribution in [0.25, 0.3) is 10.2 Å². The van der Waals surface area contributed by atoms with Crippen molar-refractivity contribution in [3.05, 3.63) is 52.7 Å². The highest BCUT2D eigenvalue weighted by atomic mass is 32.1. The van der Waals surface area contributed by atoms with Crippen LogP contribution in [0.4, 0.5) is 0 Å². The second kappa shape index (κ2) is 4.91. The number of hydrogen-bond donors (Lipinski definition) is 2. The first kappa shape index (κ1) is 10.1. The molecule has 0 amide bonds. The molecule has 3 rings (SSSR count). The summed E-state index contributed by atoms with van der Waals surface area (Å²) in [6.07, 6.45) is 3.75. The Morgan fingerprint density at radius 1 is 1.00 bits per heavy atom. The Kier molecular flexibility index (Phi) is 3.32. The summed E-state index contributed by atoms with van der Waals surface area (Å²) in [4.78, 5) is 5.95. The lowest BCUT2D eigenvalue weighted by Crippen LogP contribution is -1.62. The minimum Gasteiger partial charge on any atom is -0.368 e. The molecule has 2 heterocycles. The molecule has 1 aromatic carbocycles. The molecule has 0 unspecified atom stereocenters. The maximum atomic E-state index is 4.98. The molecule has 2 nitrogen and oxygen atoms in total. The summed E-state index contributed by atoms with van der Waals surface area (Å²) in [5.41, 5.74) is 1.14. The van der Waals surface area contributed by atoms with E-state index in [1.165, 1.54) is 4.70 Å². The predicted octanol–water partition coefficient (Wildman–Crippen LogP) is 3.97. The number of aromatic nitrogens is 2. The quantitative estimate of drug-likeness (QED) is 0.567. The summed E-state index contributed by atoms with van der Waals surface area (Å²) in [5, 5.41) is 0. The van der Waals surface area contributed by atoms with Gasteiger partial charge in [-0.25, -0.2) is 0 Å². The third-order valence-electron chi connectivity index (χ3n) is 1.82. The molecule has 0 saturated heterocycles. The molecule has 0 radical (unpaired) electrons. The second-order valence-electron chi connectivity index (χ2n) is 2.90. The summed E-state index contributed by atoms with van der Waals surface area (Å²) in [7, 11) is 0. The summed E-state index contributed by atoms with van der Waals surface area (Å²) in [6.45, 7) is 0. The molecule has 0 fully saturated rings. The first-order chi connectivity index (χ1) is 7.36. The van der Waals surface area contributed by atoms with Crippen molar-refractivity contribution in [2.45, 2.75) is 0 Å². The number of rotatable bonds is 0. The van der Waals surface area contributed by atoms with Gasteiger partial charge in [0.05, 0.1) is 10.2 Å². The monoisotopic (exact) mass is 234 g/mol. The fourth-order valence-corrected chi connectivity index (χ4v) is 2.29. The van der Waals surface area contributed by atoms with Crippen LogP contribution in [0.3, 0.4) is 0 Å². The van der Waals surface area contributed by atoms with Gasteiger partial charge >= 0.3 is 0 Å². The van der Waals surface area contributed by atoms with E-state index in [4.69, 9.17) is 12.2 Å². The fraction of sp³-hybridized carbons (Fsp3) is 0. The maximum absolute atomic E-state index is 4.98. The number of hydrogen-bond acceptors (Lipinski definition) is 2. The van der Waals surface area contributed by atoms with E-state index in [9.17, 15) is 0 Å². The van der Waals surface area contributed by atoms with Crippen LogP contribution in [-0.2, 0) is 0 Å². The highest BCUT2D eigenvalue weighted by Gasteiger charge is 1.91. The van der Waals surface area contributed by atoms with E-state index >= 15 is 0 Å². The van der Waals surface area contributed by atoms with Crippen molar-refractivity contribution in [3.8, 4) is 0 Å². The summed E-state index contributed by atoms with van der Waals surface area (Å²) in [6, 6.07) is 12.0. The molecule has 4 heteroatoms. The number of para-hydroxylation sites is 1. The van der Waals surface area contributed by atoms with Gasteiger partial charge in [0.1, 0.15) is 0 Å². The van der Waals surface area contributed by atoms with Gasteiger partial charge in [0.15, 0.2) is 3.95 Å². The van der Waals surface area contributed by atoms with Gasteiger partial charge in [-0.15, -0.1) is 11.3 Å². The number of H-pyrrole nitrogens is 2. The number of nitrogens with one attached hydrogen (secondary N) is 2. The number of benzene rings is 1. The first-order valence-electron chi connectivity index (χ1n) is 4.52. The molecule has 76 valence electrons. The third-order valence-corrected chi connectivity index (χ3v) is 3.04. The highest BCUT2D eigenvalue weighted by Crippen LogP contribution is 2.17. The summed E-state index contributed by atoms with van der Waals surface area (Å²) in [5.74, 6) is 0. The molecule has 0 atom stereocenters. The van der Waals surface area contributed by atoms with Crippen molar-refractivity contribution < 1.29 is 0 Å². The molecule has 0 aliphatic heterocycles.